The van der Waals surface area contributed by atoms with Gasteiger partial charge in [0.25, 0.3) is 0 Å². The van der Waals surface area contributed by atoms with E-state index in [1.165, 1.54) is 5.56 Å². The van der Waals surface area contributed by atoms with Crippen molar-refractivity contribution in [2.75, 3.05) is 24.5 Å². The molecule has 1 aliphatic rings. The Labute approximate surface area is 186 Å². The fourth-order valence-corrected chi connectivity index (χ4v) is 4.54. The number of rotatable bonds is 5. The van der Waals surface area contributed by atoms with Crippen LogP contribution in [0.4, 0.5) is 5.82 Å². The Kier molecular flexibility index (Phi) is 5.51. The van der Waals surface area contributed by atoms with Crippen LogP contribution in [-0.4, -0.2) is 34.9 Å². The SMILES string of the molecule is O=C(NCCc1ccc(Cl)cc1)C1CCN(c2nc3ccccc3n3cccc23)CC1. The maximum atomic E-state index is 12.7. The van der Waals surface area contributed by atoms with E-state index in [0.717, 1.165) is 59.7 Å². The molecular weight excluding hydrogens is 408 g/mol. The second-order valence-corrected chi connectivity index (χ2v) is 8.55. The molecule has 0 unspecified atom stereocenters. The van der Waals surface area contributed by atoms with Crippen LogP contribution in [0.5, 0.6) is 0 Å². The summed E-state index contributed by atoms with van der Waals surface area (Å²) in [6.45, 7) is 2.32. The van der Waals surface area contributed by atoms with Crippen LogP contribution in [0.1, 0.15) is 18.4 Å². The molecule has 6 heteroatoms. The molecule has 1 fully saturated rings. The van der Waals surface area contributed by atoms with E-state index in [9.17, 15) is 4.79 Å². The molecule has 0 radical (unpaired) electrons. The van der Waals surface area contributed by atoms with Gasteiger partial charge in [0.2, 0.25) is 5.91 Å². The van der Waals surface area contributed by atoms with Crippen molar-refractivity contribution in [1.82, 2.24) is 14.7 Å². The molecule has 5 rings (SSSR count). The highest BCUT2D eigenvalue weighted by molar-refractivity contribution is 6.30. The molecule has 0 bridgehead atoms. The zero-order valence-corrected chi connectivity index (χ0v) is 18.1. The third-order valence-corrected chi connectivity index (χ3v) is 6.39. The number of aromatic nitrogens is 2. The van der Waals surface area contributed by atoms with Crippen LogP contribution < -0.4 is 10.2 Å². The van der Waals surface area contributed by atoms with Gasteiger partial charge in [0.15, 0.2) is 5.82 Å². The molecule has 1 aliphatic heterocycles. The van der Waals surface area contributed by atoms with Gasteiger partial charge in [-0.1, -0.05) is 35.9 Å². The van der Waals surface area contributed by atoms with Crippen LogP contribution in [0, 0.1) is 5.92 Å². The van der Waals surface area contributed by atoms with Crippen molar-refractivity contribution < 1.29 is 4.79 Å². The molecule has 0 spiro atoms. The number of hydrogen-bond acceptors (Lipinski definition) is 3. The summed E-state index contributed by atoms with van der Waals surface area (Å²) in [6, 6.07) is 20.2. The van der Waals surface area contributed by atoms with Crippen molar-refractivity contribution in [2.24, 2.45) is 5.92 Å². The van der Waals surface area contributed by atoms with Gasteiger partial charge in [0, 0.05) is 36.8 Å². The van der Waals surface area contributed by atoms with Gasteiger partial charge in [-0.2, -0.15) is 0 Å². The summed E-state index contributed by atoms with van der Waals surface area (Å²) in [6.07, 6.45) is 4.58. The van der Waals surface area contributed by atoms with Gasteiger partial charge >= 0.3 is 0 Å². The second-order valence-electron chi connectivity index (χ2n) is 8.12. The van der Waals surface area contributed by atoms with E-state index in [2.05, 4.69) is 45.1 Å². The molecule has 0 atom stereocenters. The molecule has 3 heterocycles. The number of benzene rings is 2. The van der Waals surface area contributed by atoms with Crippen LogP contribution in [0.15, 0.2) is 66.9 Å². The molecule has 2 aromatic heterocycles. The minimum atomic E-state index is 0.0599. The summed E-state index contributed by atoms with van der Waals surface area (Å²) >= 11 is 5.93. The molecule has 31 heavy (non-hydrogen) atoms. The second kappa shape index (κ2) is 8.60. The molecule has 158 valence electrons. The van der Waals surface area contributed by atoms with Crippen LogP contribution in [0.25, 0.3) is 16.6 Å². The predicted octanol–water partition coefficient (Wildman–Crippen LogP) is 4.72. The van der Waals surface area contributed by atoms with Crippen molar-refractivity contribution in [1.29, 1.82) is 0 Å². The first-order valence-corrected chi connectivity index (χ1v) is 11.2. The molecule has 1 amide bonds. The Hall–Kier alpha value is -3.05. The van der Waals surface area contributed by atoms with E-state index in [1.807, 2.05) is 36.4 Å². The quantitative estimate of drug-likeness (QED) is 0.496. The van der Waals surface area contributed by atoms with E-state index in [4.69, 9.17) is 16.6 Å². The number of carbonyl (C=O) groups is 1. The third-order valence-electron chi connectivity index (χ3n) is 6.14. The van der Waals surface area contributed by atoms with Gasteiger partial charge in [0.1, 0.15) is 0 Å². The average Bonchev–Trinajstić information content (AvgIpc) is 3.30. The zero-order chi connectivity index (χ0) is 21.2. The largest absolute Gasteiger partial charge is 0.356 e. The molecule has 4 aromatic rings. The van der Waals surface area contributed by atoms with E-state index in [1.54, 1.807) is 0 Å². The maximum Gasteiger partial charge on any atom is 0.223 e. The van der Waals surface area contributed by atoms with Gasteiger partial charge in [-0.15, -0.1) is 0 Å². The minimum Gasteiger partial charge on any atom is -0.356 e. The number of hydrogen-bond donors (Lipinski definition) is 1. The highest BCUT2D eigenvalue weighted by Crippen LogP contribution is 2.29. The highest BCUT2D eigenvalue weighted by Gasteiger charge is 2.26. The number of fused-ring (bicyclic) bond motifs is 3. The Morgan fingerprint density at radius 2 is 1.74 bits per heavy atom. The number of nitrogens with zero attached hydrogens (tertiary/aromatic N) is 3. The van der Waals surface area contributed by atoms with Crippen LogP contribution in [-0.2, 0) is 11.2 Å². The van der Waals surface area contributed by atoms with Gasteiger partial charge in [-0.05, 0) is 61.2 Å². The third kappa shape index (κ3) is 4.10. The molecule has 0 saturated carbocycles. The lowest BCUT2D eigenvalue weighted by Gasteiger charge is -2.32. The highest BCUT2D eigenvalue weighted by atomic mass is 35.5. The summed E-state index contributed by atoms with van der Waals surface area (Å²) < 4.78 is 2.20. The smallest absolute Gasteiger partial charge is 0.223 e. The lowest BCUT2D eigenvalue weighted by Crippen LogP contribution is -2.41. The Morgan fingerprint density at radius 3 is 2.55 bits per heavy atom. The zero-order valence-electron chi connectivity index (χ0n) is 17.3. The van der Waals surface area contributed by atoms with Crippen LogP contribution in [0.2, 0.25) is 5.02 Å². The number of para-hydroxylation sites is 2. The number of piperidine rings is 1. The monoisotopic (exact) mass is 432 g/mol. The minimum absolute atomic E-state index is 0.0599. The van der Waals surface area contributed by atoms with E-state index in [-0.39, 0.29) is 11.8 Å². The Bertz CT molecular complexity index is 1210. The van der Waals surface area contributed by atoms with Gasteiger partial charge in [-0.3, -0.25) is 4.79 Å². The molecule has 0 aliphatic carbocycles. The van der Waals surface area contributed by atoms with Gasteiger partial charge < -0.3 is 14.6 Å². The van der Waals surface area contributed by atoms with Crippen molar-refractivity contribution in [3.8, 4) is 0 Å². The average molecular weight is 433 g/mol. The lowest BCUT2D eigenvalue weighted by atomic mass is 9.95. The number of nitrogens with one attached hydrogen (secondary N) is 1. The van der Waals surface area contributed by atoms with Gasteiger partial charge in [0.05, 0.1) is 16.6 Å². The molecule has 2 aromatic carbocycles. The summed E-state index contributed by atoms with van der Waals surface area (Å²) in [4.78, 5) is 19.9. The first-order valence-electron chi connectivity index (χ1n) is 10.8. The standard InChI is InChI=1S/C25H25ClN4O/c26-20-9-7-18(8-10-20)11-14-27-25(31)19-12-16-29(17-13-19)24-23-6-3-15-30(23)22-5-2-1-4-21(22)28-24/h1-10,15,19H,11-14,16-17H2,(H,27,31). The number of halogens is 1. The fraction of sp³-hybridized carbons (Fsp3) is 0.280. The molecule has 5 nitrogen and oxygen atoms in total. The van der Waals surface area contributed by atoms with E-state index < -0.39 is 0 Å². The first kappa shape index (κ1) is 19.9. The van der Waals surface area contributed by atoms with Crippen molar-refractivity contribution in [2.45, 2.75) is 19.3 Å². The Morgan fingerprint density at radius 1 is 1.00 bits per heavy atom. The van der Waals surface area contributed by atoms with Crippen molar-refractivity contribution in [3.63, 3.8) is 0 Å². The summed E-state index contributed by atoms with van der Waals surface area (Å²) in [5, 5.41) is 3.84. The van der Waals surface area contributed by atoms with Crippen molar-refractivity contribution in [3.05, 3.63) is 77.4 Å². The number of amides is 1. The topological polar surface area (TPSA) is 49.6 Å². The fourth-order valence-electron chi connectivity index (χ4n) is 4.42. The summed E-state index contributed by atoms with van der Waals surface area (Å²) in [5.74, 6) is 1.22. The van der Waals surface area contributed by atoms with Crippen LogP contribution in [0.3, 0.4) is 0 Å². The van der Waals surface area contributed by atoms with Gasteiger partial charge in [-0.25, -0.2) is 4.98 Å². The summed E-state index contributed by atoms with van der Waals surface area (Å²) in [7, 11) is 0. The van der Waals surface area contributed by atoms with Crippen LogP contribution >= 0.6 is 11.6 Å². The van der Waals surface area contributed by atoms with Crippen molar-refractivity contribution >= 4 is 39.9 Å². The summed E-state index contributed by atoms with van der Waals surface area (Å²) in [5.41, 5.74) is 4.40. The lowest BCUT2D eigenvalue weighted by molar-refractivity contribution is -0.125. The van der Waals surface area contributed by atoms with E-state index in [0.29, 0.717) is 6.54 Å². The maximum absolute atomic E-state index is 12.7. The predicted molar refractivity (Wildman–Crippen MR) is 126 cm³/mol. The number of carbonyl (C=O) groups excluding carboxylic acids is 1. The normalized spacial score (nSPS) is 14.9. The molecular formula is C25H25ClN4O. The molecule has 1 saturated heterocycles. The first-order chi connectivity index (χ1) is 15.2. The number of anilines is 1. The Balaban J connectivity index is 1.21. The molecule has 1 N–H and O–H groups in total. The van der Waals surface area contributed by atoms with E-state index >= 15 is 0 Å².